The lowest BCUT2D eigenvalue weighted by molar-refractivity contribution is 0.590. The minimum absolute atomic E-state index is 0.0837. The Morgan fingerprint density at radius 3 is 0.659 bits per heavy atom. The van der Waals surface area contributed by atoms with Gasteiger partial charge in [-0.3, -0.25) is 0 Å². The molecule has 24 aromatic rings. The van der Waals surface area contributed by atoms with Gasteiger partial charge >= 0.3 is 0 Å². The number of benzene rings is 20. The fourth-order valence-electron chi connectivity index (χ4n) is 20.5. The molecule has 0 atom stereocenters. The third-order valence-corrected chi connectivity index (χ3v) is 27.6. The van der Waals surface area contributed by atoms with Crippen LogP contribution in [0.15, 0.2) is 413 Å². The van der Waals surface area contributed by atoms with Gasteiger partial charge in [-0.05, 0) is 344 Å². The highest BCUT2D eigenvalue weighted by Gasteiger charge is 2.27. The van der Waals surface area contributed by atoms with Crippen molar-refractivity contribution in [3.8, 4) is 22.3 Å². The Bertz CT molecular complexity index is 8070. The van der Waals surface area contributed by atoms with Gasteiger partial charge in [-0.15, -0.1) is 0 Å². The Morgan fingerprint density at radius 1 is 0.197 bits per heavy atom. The van der Waals surface area contributed by atoms with Gasteiger partial charge < -0.3 is 28.4 Å². The Morgan fingerprint density at radius 2 is 0.424 bits per heavy atom. The van der Waals surface area contributed by atoms with Gasteiger partial charge in [-0.1, -0.05) is 261 Å². The first-order valence-electron chi connectivity index (χ1n) is 46.6. The number of nitrogens with zero attached hydrogens (tertiary/aromatic N) is 6. The Balaban J connectivity index is 0.000000150. The van der Waals surface area contributed by atoms with Crippen LogP contribution in [0.4, 0.5) is 68.2 Å². The highest BCUT2D eigenvalue weighted by molar-refractivity contribution is 6.29. The maximum Gasteiger partial charge on any atom is 0.0620 e. The summed E-state index contributed by atoms with van der Waals surface area (Å²) in [4.78, 5) is 9.48. The van der Waals surface area contributed by atoms with E-state index in [1.54, 1.807) is 0 Å². The van der Waals surface area contributed by atoms with Crippen LogP contribution in [0.1, 0.15) is 88.8 Å². The lowest BCUT2D eigenvalue weighted by Crippen LogP contribution is -2.10. The van der Waals surface area contributed by atoms with Gasteiger partial charge in [0.1, 0.15) is 0 Å². The van der Waals surface area contributed by atoms with E-state index < -0.39 is 0 Å². The molecule has 0 saturated carbocycles. The molecule has 0 spiro atoms. The van der Waals surface area contributed by atoms with Gasteiger partial charge in [0, 0.05) is 111 Å². The number of hydrogen-bond donors (Lipinski definition) is 0. The molecule has 6 heteroatoms. The first-order valence-corrected chi connectivity index (χ1v) is 46.6. The molecule has 0 amide bonds. The monoisotopic (exact) mass is 1700 g/mol. The van der Waals surface area contributed by atoms with Crippen molar-refractivity contribution >= 4 is 188 Å². The molecular formula is C126H102N6. The molecule has 24 rings (SSSR count). The van der Waals surface area contributed by atoms with Crippen molar-refractivity contribution in [3.05, 3.63) is 446 Å². The molecule has 0 aliphatic rings. The zero-order valence-corrected chi connectivity index (χ0v) is 76.4. The highest BCUT2D eigenvalue weighted by atomic mass is 15.2. The van der Waals surface area contributed by atoms with Crippen LogP contribution in [-0.4, -0.2) is 8.80 Å². The molecule has 0 aliphatic carbocycles. The lowest BCUT2D eigenvalue weighted by Gasteiger charge is -2.26. The minimum Gasteiger partial charge on any atom is -0.310 e. The number of rotatable bonds is 16. The van der Waals surface area contributed by atoms with Crippen molar-refractivity contribution < 1.29 is 0 Å². The van der Waals surface area contributed by atoms with E-state index in [2.05, 4.69) is 510 Å². The van der Waals surface area contributed by atoms with Crippen LogP contribution in [-0.2, 0) is 23.7 Å². The third-order valence-electron chi connectivity index (χ3n) is 27.6. The minimum atomic E-state index is 0.0837. The van der Waals surface area contributed by atoms with E-state index in [1.807, 2.05) is 0 Å². The van der Waals surface area contributed by atoms with E-state index in [0.717, 1.165) is 81.1 Å². The molecule has 4 aromatic heterocycles. The average molecular weight is 1700 g/mol. The predicted octanol–water partition coefficient (Wildman–Crippen LogP) is 35.8. The molecule has 0 saturated heterocycles. The Kier molecular flexibility index (Phi) is 19.7. The summed E-state index contributed by atoms with van der Waals surface area (Å²) in [7, 11) is 0. The second-order valence-electron chi connectivity index (χ2n) is 38.2. The number of para-hydroxylation sites is 4. The van der Waals surface area contributed by atoms with Crippen LogP contribution in [0.2, 0.25) is 0 Å². The van der Waals surface area contributed by atoms with Crippen LogP contribution in [0, 0.1) is 13.8 Å². The number of fused-ring (bicyclic) bond motifs is 16. The van der Waals surface area contributed by atoms with E-state index in [4.69, 9.17) is 0 Å². The first-order chi connectivity index (χ1) is 64.4. The van der Waals surface area contributed by atoms with E-state index in [-0.39, 0.29) is 10.8 Å². The van der Waals surface area contributed by atoms with Crippen LogP contribution in [0.5, 0.6) is 0 Å². The Labute approximate surface area is 771 Å². The van der Waals surface area contributed by atoms with Gasteiger partial charge in [-0.2, -0.15) is 0 Å². The molecule has 0 N–H and O–H groups in total. The molecule has 636 valence electrons. The molecule has 6 nitrogen and oxygen atoms in total. The topological polar surface area (TPSA) is 21.8 Å². The Hall–Kier alpha value is -15.8. The van der Waals surface area contributed by atoms with Gasteiger partial charge in [0.15, 0.2) is 0 Å². The SMILES string of the molecule is CCc1ccc(N(c2ccccc2)c2ccc3cc4c5cc(-c6ccc(C(C)(C)C)cc6)cc6c7cc8ccc(N(c9ccccc9)c9ccc(CC)cc9)cc8cc7n(c4cc3c2)c56)cc1.Cc1ccc(N(c2ccccc2)c2ccc3cc4c5cc(-c6ccc(C(C)(C)C)cc6)cc6c7cc8ccc(N(c9ccccc9)c9ccc(C)cc9)cc8cc7n(c4cc3c2)c56)cc1. The van der Waals surface area contributed by atoms with Crippen molar-refractivity contribution in [1.82, 2.24) is 8.80 Å². The lowest BCUT2D eigenvalue weighted by atomic mass is 9.86. The van der Waals surface area contributed by atoms with Gasteiger partial charge in [0.25, 0.3) is 0 Å². The molecule has 132 heavy (non-hydrogen) atoms. The summed E-state index contributed by atoms with van der Waals surface area (Å²) in [6.45, 7) is 22.4. The van der Waals surface area contributed by atoms with Crippen LogP contribution in [0.3, 0.4) is 0 Å². The van der Waals surface area contributed by atoms with E-state index in [1.165, 1.54) is 175 Å². The molecule has 0 bridgehead atoms. The maximum atomic E-state index is 2.55. The number of hydrogen-bond acceptors (Lipinski definition) is 4. The summed E-state index contributed by atoms with van der Waals surface area (Å²) in [5.74, 6) is 0. The van der Waals surface area contributed by atoms with E-state index in [0.29, 0.717) is 0 Å². The average Bonchev–Trinajstić information content (AvgIpc) is 1.53. The van der Waals surface area contributed by atoms with Crippen molar-refractivity contribution in [2.75, 3.05) is 19.6 Å². The molecule has 0 aliphatic heterocycles. The van der Waals surface area contributed by atoms with Gasteiger partial charge in [-0.25, -0.2) is 0 Å². The summed E-state index contributed by atoms with van der Waals surface area (Å²) >= 11 is 0. The summed E-state index contributed by atoms with van der Waals surface area (Å²) < 4.78 is 5.10. The quantitative estimate of drug-likeness (QED) is 0.0961. The second-order valence-corrected chi connectivity index (χ2v) is 38.2. The van der Waals surface area contributed by atoms with Crippen LogP contribution >= 0.6 is 0 Å². The third kappa shape index (κ3) is 14.3. The predicted molar refractivity (Wildman–Crippen MR) is 567 cm³/mol. The number of aromatic nitrogens is 2. The largest absolute Gasteiger partial charge is 0.310 e. The molecule has 0 unspecified atom stereocenters. The highest BCUT2D eigenvalue weighted by Crippen LogP contribution is 2.51. The van der Waals surface area contributed by atoms with Crippen molar-refractivity contribution in [3.63, 3.8) is 0 Å². The maximum absolute atomic E-state index is 2.55. The standard InChI is InChI=1S/C64H53N3.C62H49N3/c1-6-42-18-28-53(29-19-42)65(51-14-10-8-11-15-51)55-32-24-45-36-57-59-38-49(44-22-26-50(27-23-44)64(3,4)5)39-60-58-37-46-25-33-56(35-48(46)41-62(58)67(63(59)60)61(57)40-47(45)34-55)66(52-16-12-9-13-17-52)54-30-20-43(7-2)21-31-54;1-40-16-26-51(27-17-40)63(49-12-8-6-9-13-49)53-30-22-43-34-55-57-36-47(42-20-24-48(25-21-42)62(3,4)5)37-58-56-35-44-23-31-54(64(50-14-10-7-11-15-50)52-28-18-41(2)19-29-52)33-46(44)39-60(56)65(61(57)58)59(55)38-45(43)32-53/h8-41H,6-7H2,1-5H3;6-39H,1-5H3. The van der Waals surface area contributed by atoms with Crippen molar-refractivity contribution in [2.24, 2.45) is 0 Å². The summed E-state index contributed by atoms with van der Waals surface area (Å²) in [6.07, 6.45) is 2.02. The fourth-order valence-corrected chi connectivity index (χ4v) is 20.5. The number of aryl methyl sites for hydroxylation is 4. The van der Waals surface area contributed by atoms with E-state index in [9.17, 15) is 0 Å². The molecule has 4 heterocycles. The summed E-state index contributed by atoms with van der Waals surface area (Å²) in [5.41, 5.74) is 34.0. The second kappa shape index (κ2) is 32.2. The zero-order valence-electron chi connectivity index (χ0n) is 76.4. The normalized spacial score (nSPS) is 12.1. The fraction of sp³-hybridized carbons (Fsp3) is 0.111. The van der Waals surface area contributed by atoms with Gasteiger partial charge in [0.2, 0.25) is 0 Å². The van der Waals surface area contributed by atoms with Crippen LogP contribution < -0.4 is 19.6 Å². The van der Waals surface area contributed by atoms with E-state index >= 15 is 0 Å². The molecular weight excluding hydrogens is 1600 g/mol. The summed E-state index contributed by atoms with van der Waals surface area (Å²) in [5, 5.41) is 19.9. The van der Waals surface area contributed by atoms with Crippen molar-refractivity contribution in [1.29, 1.82) is 0 Å². The molecule has 20 aromatic carbocycles. The van der Waals surface area contributed by atoms with Crippen LogP contribution in [0.25, 0.3) is 142 Å². The molecule has 0 radical (unpaired) electrons. The molecule has 0 fully saturated rings. The zero-order chi connectivity index (χ0) is 89.4. The number of anilines is 12. The first kappa shape index (κ1) is 80.8. The summed E-state index contributed by atoms with van der Waals surface area (Å²) in [6, 6.07) is 154. The van der Waals surface area contributed by atoms with Crippen molar-refractivity contribution in [2.45, 2.75) is 92.9 Å². The van der Waals surface area contributed by atoms with Gasteiger partial charge in [0.05, 0.1) is 33.1 Å². The smallest absolute Gasteiger partial charge is 0.0620 e.